The SMILES string of the molecule is CC1(C)COC(c2ccc(OCCCN3CCCCC3)cc2)=N1.CC1(C)COC(c2ccc(OCCCN3CCCCC3)cc2Br)=N1. The lowest BCUT2D eigenvalue weighted by Crippen LogP contribution is -2.31. The normalized spacial score (nSPS) is 20.7. The Hall–Kier alpha value is -2.62. The van der Waals surface area contributed by atoms with Crippen molar-refractivity contribution in [1.82, 2.24) is 9.80 Å². The molecule has 0 atom stereocenters. The smallest absolute Gasteiger partial charge is 0.217 e. The Morgan fingerprint density at radius 3 is 1.64 bits per heavy atom. The van der Waals surface area contributed by atoms with Crippen molar-refractivity contribution in [3.63, 3.8) is 0 Å². The van der Waals surface area contributed by atoms with Crippen LogP contribution < -0.4 is 9.47 Å². The number of likely N-dealkylation sites (tertiary alicyclic amines) is 2. The summed E-state index contributed by atoms with van der Waals surface area (Å²) in [6.07, 6.45) is 10.3. The van der Waals surface area contributed by atoms with E-state index in [0.717, 1.165) is 72.1 Å². The lowest BCUT2D eigenvalue weighted by molar-refractivity contribution is 0.205. The van der Waals surface area contributed by atoms with Crippen molar-refractivity contribution in [2.45, 2.75) is 90.1 Å². The highest BCUT2D eigenvalue weighted by Gasteiger charge is 2.28. The molecule has 2 aromatic carbocycles. The highest BCUT2D eigenvalue weighted by Crippen LogP contribution is 2.28. The molecule has 0 amide bonds. The van der Waals surface area contributed by atoms with Gasteiger partial charge in [-0.05, 0) is 151 Å². The third-order valence-electron chi connectivity index (χ3n) is 8.88. The first-order chi connectivity index (χ1) is 22.7. The van der Waals surface area contributed by atoms with Crippen molar-refractivity contribution in [3.8, 4) is 11.5 Å². The molecule has 258 valence electrons. The van der Waals surface area contributed by atoms with Crippen molar-refractivity contribution in [2.75, 3.05) is 65.7 Å². The molecule has 4 heterocycles. The van der Waals surface area contributed by atoms with Gasteiger partial charge in [-0.3, -0.25) is 0 Å². The first-order valence-corrected chi connectivity index (χ1v) is 18.5. The molecular weight excluding hydrogens is 656 g/mol. The number of hydrogen-bond donors (Lipinski definition) is 0. The Balaban J connectivity index is 0.000000185. The Morgan fingerprint density at radius 2 is 1.15 bits per heavy atom. The summed E-state index contributed by atoms with van der Waals surface area (Å²) in [5.74, 6) is 3.27. The Bertz CT molecular complexity index is 1330. The van der Waals surface area contributed by atoms with Gasteiger partial charge in [-0.25, -0.2) is 9.98 Å². The van der Waals surface area contributed by atoms with Crippen LogP contribution >= 0.6 is 15.9 Å². The highest BCUT2D eigenvalue weighted by molar-refractivity contribution is 9.10. The molecule has 0 aliphatic carbocycles. The van der Waals surface area contributed by atoms with E-state index < -0.39 is 0 Å². The summed E-state index contributed by atoms with van der Waals surface area (Å²) in [5.41, 5.74) is 1.76. The standard InChI is InChI=1S/C19H27BrN2O2.C19H28N2O2/c1-19(2)14-24-18(21-19)16-8-7-15(13-17(16)20)23-12-6-11-22-9-4-3-5-10-22;1-19(2)15-23-18(20-19)16-7-9-17(10-8-16)22-14-6-13-21-11-4-3-5-12-21/h7-8,13H,3-6,9-12,14H2,1-2H3;7-10H,3-6,11-15H2,1-2H3. The van der Waals surface area contributed by atoms with E-state index >= 15 is 0 Å². The van der Waals surface area contributed by atoms with Gasteiger partial charge in [0.25, 0.3) is 0 Å². The maximum absolute atomic E-state index is 5.90. The van der Waals surface area contributed by atoms with Crippen molar-refractivity contribution < 1.29 is 18.9 Å². The predicted octanol–water partition coefficient (Wildman–Crippen LogP) is 7.76. The van der Waals surface area contributed by atoms with Gasteiger partial charge in [-0.2, -0.15) is 0 Å². The number of benzene rings is 2. The lowest BCUT2D eigenvalue weighted by Gasteiger charge is -2.26. The molecule has 0 saturated carbocycles. The second-order valence-electron chi connectivity index (χ2n) is 14.4. The largest absolute Gasteiger partial charge is 0.494 e. The number of ether oxygens (including phenoxy) is 4. The second-order valence-corrected chi connectivity index (χ2v) is 15.3. The summed E-state index contributed by atoms with van der Waals surface area (Å²) in [4.78, 5) is 14.3. The van der Waals surface area contributed by atoms with Crippen molar-refractivity contribution in [3.05, 3.63) is 58.1 Å². The summed E-state index contributed by atoms with van der Waals surface area (Å²) in [6, 6.07) is 14.1. The van der Waals surface area contributed by atoms with Crippen LogP contribution in [0.25, 0.3) is 0 Å². The van der Waals surface area contributed by atoms with Crippen molar-refractivity contribution in [1.29, 1.82) is 0 Å². The average Bonchev–Trinajstić information content (AvgIpc) is 3.63. The monoisotopic (exact) mass is 710 g/mol. The molecule has 0 unspecified atom stereocenters. The van der Waals surface area contributed by atoms with Gasteiger partial charge in [0.2, 0.25) is 11.8 Å². The average molecular weight is 712 g/mol. The minimum absolute atomic E-state index is 0.112. The van der Waals surface area contributed by atoms with Crippen LogP contribution in [0.2, 0.25) is 0 Å². The summed E-state index contributed by atoms with van der Waals surface area (Å²) < 4.78 is 24.1. The molecule has 0 spiro atoms. The molecular formula is C38H55BrN4O4. The maximum atomic E-state index is 5.90. The molecule has 9 heteroatoms. The van der Waals surface area contributed by atoms with Gasteiger partial charge in [0.15, 0.2) is 0 Å². The van der Waals surface area contributed by atoms with Crippen molar-refractivity contribution >= 4 is 27.7 Å². The molecule has 8 nitrogen and oxygen atoms in total. The molecule has 0 aromatic heterocycles. The molecule has 2 saturated heterocycles. The minimum atomic E-state index is -0.140. The Kier molecular flexibility index (Phi) is 13.0. The highest BCUT2D eigenvalue weighted by atomic mass is 79.9. The minimum Gasteiger partial charge on any atom is -0.494 e. The first-order valence-electron chi connectivity index (χ1n) is 17.7. The molecule has 2 aromatic rings. The van der Waals surface area contributed by atoms with Gasteiger partial charge in [0.1, 0.15) is 24.7 Å². The number of rotatable bonds is 12. The molecule has 0 N–H and O–H groups in total. The van der Waals surface area contributed by atoms with Crippen molar-refractivity contribution in [2.24, 2.45) is 9.98 Å². The zero-order valence-corrected chi connectivity index (χ0v) is 30.7. The van der Waals surface area contributed by atoms with Crippen LogP contribution in [0.1, 0.15) is 90.2 Å². The van der Waals surface area contributed by atoms with E-state index in [2.05, 4.69) is 63.4 Å². The summed E-state index contributed by atoms with van der Waals surface area (Å²) >= 11 is 3.62. The van der Waals surface area contributed by atoms with E-state index in [0.29, 0.717) is 19.1 Å². The number of hydrogen-bond acceptors (Lipinski definition) is 8. The maximum Gasteiger partial charge on any atom is 0.217 e. The summed E-state index contributed by atoms with van der Waals surface area (Å²) in [6.45, 7) is 18.4. The van der Waals surface area contributed by atoms with Crippen LogP contribution in [-0.2, 0) is 9.47 Å². The van der Waals surface area contributed by atoms with E-state index in [1.165, 1.54) is 64.7 Å². The fourth-order valence-corrected chi connectivity index (χ4v) is 6.76. The van der Waals surface area contributed by atoms with Crippen LogP contribution in [0.4, 0.5) is 0 Å². The van der Waals surface area contributed by atoms with E-state index in [9.17, 15) is 0 Å². The van der Waals surface area contributed by atoms with E-state index in [1.807, 2.05) is 42.5 Å². The summed E-state index contributed by atoms with van der Waals surface area (Å²) in [5, 5.41) is 0. The van der Waals surface area contributed by atoms with Crippen LogP contribution in [0, 0.1) is 0 Å². The van der Waals surface area contributed by atoms with Crippen LogP contribution in [0.15, 0.2) is 56.9 Å². The predicted molar refractivity (Wildman–Crippen MR) is 195 cm³/mol. The van der Waals surface area contributed by atoms with Crippen LogP contribution in [-0.4, -0.2) is 98.4 Å². The van der Waals surface area contributed by atoms with E-state index in [4.69, 9.17) is 18.9 Å². The second kappa shape index (κ2) is 17.2. The van der Waals surface area contributed by atoms with Crippen LogP contribution in [0.5, 0.6) is 11.5 Å². The van der Waals surface area contributed by atoms with Gasteiger partial charge in [0.05, 0.1) is 29.9 Å². The fourth-order valence-electron chi connectivity index (χ4n) is 6.23. The lowest BCUT2D eigenvalue weighted by atomic mass is 10.1. The zero-order valence-electron chi connectivity index (χ0n) is 29.1. The molecule has 4 aliphatic rings. The molecule has 0 radical (unpaired) electrons. The third kappa shape index (κ3) is 11.5. The third-order valence-corrected chi connectivity index (χ3v) is 9.53. The molecule has 0 bridgehead atoms. The van der Waals surface area contributed by atoms with Crippen LogP contribution in [0.3, 0.4) is 0 Å². The topological polar surface area (TPSA) is 68.1 Å². The van der Waals surface area contributed by atoms with E-state index in [-0.39, 0.29) is 11.1 Å². The number of piperidine rings is 2. The Morgan fingerprint density at radius 1 is 0.660 bits per heavy atom. The fraction of sp³-hybridized carbons (Fsp3) is 0.632. The van der Waals surface area contributed by atoms with Gasteiger partial charge >= 0.3 is 0 Å². The molecule has 6 rings (SSSR count). The zero-order chi connectivity index (χ0) is 33.1. The molecule has 4 aliphatic heterocycles. The van der Waals surface area contributed by atoms with Gasteiger partial charge in [-0.1, -0.05) is 12.8 Å². The molecule has 47 heavy (non-hydrogen) atoms. The summed E-state index contributed by atoms with van der Waals surface area (Å²) in [7, 11) is 0. The molecule has 2 fully saturated rings. The van der Waals surface area contributed by atoms with Gasteiger partial charge in [0, 0.05) is 23.1 Å². The van der Waals surface area contributed by atoms with Gasteiger partial charge < -0.3 is 28.7 Å². The quantitative estimate of drug-likeness (QED) is 0.210. The van der Waals surface area contributed by atoms with Gasteiger partial charge in [-0.15, -0.1) is 0 Å². The Labute approximate surface area is 291 Å². The number of nitrogens with zero attached hydrogens (tertiary/aromatic N) is 4. The first kappa shape index (κ1) is 35.7. The van der Waals surface area contributed by atoms with E-state index in [1.54, 1.807) is 0 Å². The number of halogens is 1. The number of aliphatic imine (C=N–C) groups is 2.